The van der Waals surface area contributed by atoms with Gasteiger partial charge in [0.15, 0.2) is 0 Å². The molecule has 0 spiro atoms. The van der Waals surface area contributed by atoms with Crippen LogP contribution < -0.4 is 0 Å². The fourth-order valence-corrected chi connectivity index (χ4v) is 2.38. The molecule has 0 saturated carbocycles. The molecule has 2 aromatic rings. The minimum absolute atomic E-state index is 0.418. The van der Waals surface area contributed by atoms with Crippen LogP contribution in [0, 0.1) is 6.92 Å². The maximum absolute atomic E-state index is 10.2. The largest absolute Gasteiger partial charge is 0.388 e. The first-order valence-electron chi connectivity index (χ1n) is 5.75. The van der Waals surface area contributed by atoms with Gasteiger partial charge in [-0.05, 0) is 30.2 Å². The summed E-state index contributed by atoms with van der Waals surface area (Å²) in [7, 11) is 0. The molecule has 0 aromatic heterocycles. The van der Waals surface area contributed by atoms with Crippen LogP contribution in [-0.2, 0) is 6.42 Å². The Bertz CT molecular complexity index is 514. The monoisotopic (exact) mass is 280 g/mol. The highest BCUT2D eigenvalue weighted by molar-refractivity contribution is 6.35. The molecule has 1 N–H and O–H groups in total. The molecule has 1 unspecified atom stereocenters. The van der Waals surface area contributed by atoms with Crippen LogP contribution in [0.2, 0.25) is 10.0 Å². The fourth-order valence-electron chi connectivity index (χ4n) is 1.83. The Morgan fingerprint density at radius 3 is 2.11 bits per heavy atom. The molecule has 1 nitrogen and oxygen atoms in total. The Labute approximate surface area is 117 Å². The van der Waals surface area contributed by atoms with Crippen molar-refractivity contribution in [1.82, 2.24) is 0 Å². The summed E-state index contributed by atoms with van der Waals surface area (Å²) >= 11 is 12.2. The van der Waals surface area contributed by atoms with Crippen LogP contribution >= 0.6 is 23.2 Å². The van der Waals surface area contributed by atoms with Crippen LogP contribution in [-0.4, -0.2) is 5.11 Å². The molecule has 0 bridgehead atoms. The van der Waals surface area contributed by atoms with Crippen molar-refractivity contribution in [2.24, 2.45) is 0 Å². The summed E-state index contributed by atoms with van der Waals surface area (Å²) < 4.78 is 0. The molecule has 0 aliphatic heterocycles. The first-order chi connectivity index (χ1) is 8.58. The molecule has 0 saturated heterocycles. The molecular weight excluding hydrogens is 267 g/mol. The highest BCUT2D eigenvalue weighted by Gasteiger charge is 2.13. The molecule has 18 heavy (non-hydrogen) atoms. The number of hydrogen-bond donors (Lipinski definition) is 1. The Hall–Kier alpha value is -1.02. The lowest BCUT2D eigenvalue weighted by Gasteiger charge is -2.13. The predicted octanol–water partition coefficient (Wildman–Crippen LogP) is 4.58. The third-order valence-electron chi connectivity index (χ3n) is 2.92. The topological polar surface area (TPSA) is 20.2 Å². The molecule has 0 fully saturated rings. The van der Waals surface area contributed by atoms with Gasteiger partial charge in [0.05, 0.1) is 6.10 Å². The average Bonchev–Trinajstić information content (AvgIpc) is 2.34. The van der Waals surface area contributed by atoms with Gasteiger partial charge in [-0.2, -0.15) is 0 Å². The van der Waals surface area contributed by atoms with Crippen LogP contribution in [0.3, 0.4) is 0 Å². The zero-order valence-electron chi connectivity index (χ0n) is 10.0. The highest BCUT2D eigenvalue weighted by Crippen LogP contribution is 2.29. The molecule has 0 amide bonds. The van der Waals surface area contributed by atoms with E-state index in [1.165, 1.54) is 5.56 Å². The van der Waals surface area contributed by atoms with Crippen molar-refractivity contribution in [2.45, 2.75) is 19.4 Å². The molecule has 1 atom stereocenters. The summed E-state index contributed by atoms with van der Waals surface area (Å²) in [5, 5.41) is 11.4. The van der Waals surface area contributed by atoms with Gasteiger partial charge in [0.2, 0.25) is 0 Å². The van der Waals surface area contributed by atoms with E-state index >= 15 is 0 Å². The third kappa shape index (κ3) is 3.05. The van der Waals surface area contributed by atoms with Gasteiger partial charge in [-0.1, -0.05) is 59.1 Å². The second kappa shape index (κ2) is 5.75. The van der Waals surface area contributed by atoms with Crippen molar-refractivity contribution in [1.29, 1.82) is 0 Å². The third-order valence-corrected chi connectivity index (χ3v) is 3.63. The molecule has 2 rings (SSSR count). The molecule has 0 heterocycles. The molecule has 94 valence electrons. The first-order valence-corrected chi connectivity index (χ1v) is 6.51. The van der Waals surface area contributed by atoms with Gasteiger partial charge in [-0.15, -0.1) is 0 Å². The van der Waals surface area contributed by atoms with Crippen molar-refractivity contribution < 1.29 is 5.11 Å². The van der Waals surface area contributed by atoms with E-state index in [0.29, 0.717) is 16.5 Å². The van der Waals surface area contributed by atoms with Crippen molar-refractivity contribution in [3.63, 3.8) is 0 Å². The summed E-state index contributed by atoms with van der Waals surface area (Å²) in [5.41, 5.74) is 2.83. The van der Waals surface area contributed by atoms with E-state index in [2.05, 4.69) is 0 Å². The van der Waals surface area contributed by atoms with Gasteiger partial charge in [-0.25, -0.2) is 0 Å². The van der Waals surface area contributed by atoms with E-state index in [4.69, 9.17) is 23.2 Å². The van der Waals surface area contributed by atoms with E-state index < -0.39 is 6.10 Å². The lowest BCUT2D eigenvalue weighted by atomic mass is 10.0. The number of aryl methyl sites for hydroxylation is 1. The van der Waals surface area contributed by atoms with Crippen LogP contribution in [0.1, 0.15) is 22.8 Å². The van der Waals surface area contributed by atoms with Gasteiger partial charge in [-0.3, -0.25) is 0 Å². The fraction of sp³-hybridized carbons (Fsp3) is 0.200. The normalized spacial score (nSPS) is 12.4. The van der Waals surface area contributed by atoms with Crippen molar-refractivity contribution in [2.75, 3.05) is 0 Å². The zero-order chi connectivity index (χ0) is 13.1. The predicted molar refractivity (Wildman–Crippen MR) is 76.3 cm³/mol. The Balaban J connectivity index is 2.21. The minimum atomic E-state index is -0.594. The Kier molecular flexibility index (Phi) is 4.28. The summed E-state index contributed by atoms with van der Waals surface area (Å²) in [6.45, 7) is 2.01. The lowest BCUT2D eigenvalue weighted by molar-refractivity contribution is 0.178. The summed E-state index contributed by atoms with van der Waals surface area (Å²) in [6.07, 6.45) is -0.176. The number of benzene rings is 2. The number of rotatable bonds is 3. The summed E-state index contributed by atoms with van der Waals surface area (Å²) in [6, 6.07) is 13.2. The standard InChI is InChI=1S/C15H14Cl2O/c1-10-5-7-11(8-6-10)15(18)9-12-13(16)3-2-4-14(12)17/h2-8,15,18H,9H2,1H3. The van der Waals surface area contributed by atoms with Gasteiger partial charge in [0.1, 0.15) is 0 Å². The summed E-state index contributed by atoms with van der Waals surface area (Å²) in [4.78, 5) is 0. The second-order valence-corrected chi connectivity index (χ2v) is 5.15. The van der Waals surface area contributed by atoms with E-state index in [-0.39, 0.29) is 0 Å². The second-order valence-electron chi connectivity index (χ2n) is 4.33. The van der Waals surface area contributed by atoms with Gasteiger partial charge >= 0.3 is 0 Å². The SMILES string of the molecule is Cc1ccc(C(O)Cc2c(Cl)cccc2Cl)cc1. The van der Waals surface area contributed by atoms with Crippen molar-refractivity contribution >= 4 is 23.2 Å². The zero-order valence-corrected chi connectivity index (χ0v) is 11.5. The molecular formula is C15H14Cl2O. The number of hydrogen-bond acceptors (Lipinski definition) is 1. The minimum Gasteiger partial charge on any atom is -0.388 e. The number of halogens is 2. The maximum atomic E-state index is 10.2. The smallest absolute Gasteiger partial charge is 0.0831 e. The molecule has 0 aliphatic rings. The number of aliphatic hydroxyl groups is 1. The maximum Gasteiger partial charge on any atom is 0.0831 e. The summed E-state index contributed by atoms with van der Waals surface area (Å²) in [5.74, 6) is 0. The van der Waals surface area contributed by atoms with Crippen LogP contribution in [0.4, 0.5) is 0 Å². The van der Waals surface area contributed by atoms with Crippen LogP contribution in [0.5, 0.6) is 0 Å². The first kappa shape index (κ1) is 13.4. The molecule has 0 aliphatic carbocycles. The highest BCUT2D eigenvalue weighted by atomic mass is 35.5. The molecule has 0 radical (unpaired) electrons. The lowest BCUT2D eigenvalue weighted by Crippen LogP contribution is -2.03. The quantitative estimate of drug-likeness (QED) is 0.873. The van der Waals surface area contributed by atoms with E-state index in [0.717, 1.165) is 11.1 Å². The van der Waals surface area contributed by atoms with Crippen LogP contribution in [0.15, 0.2) is 42.5 Å². The van der Waals surface area contributed by atoms with Crippen LogP contribution in [0.25, 0.3) is 0 Å². The molecule has 3 heteroatoms. The van der Waals surface area contributed by atoms with E-state index in [1.807, 2.05) is 31.2 Å². The van der Waals surface area contributed by atoms with Crippen molar-refractivity contribution in [3.05, 3.63) is 69.2 Å². The van der Waals surface area contributed by atoms with Gasteiger partial charge in [0, 0.05) is 16.5 Å². The van der Waals surface area contributed by atoms with Gasteiger partial charge in [0.25, 0.3) is 0 Å². The van der Waals surface area contributed by atoms with E-state index in [1.54, 1.807) is 18.2 Å². The molecule has 2 aromatic carbocycles. The van der Waals surface area contributed by atoms with E-state index in [9.17, 15) is 5.11 Å². The van der Waals surface area contributed by atoms with Crippen molar-refractivity contribution in [3.8, 4) is 0 Å². The Morgan fingerprint density at radius 1 is 1.00 bits per heavy atom. The number of aliphatic hydroxyl groups excluding tert-OH is 1. The average molecular weight is 281 g/mol. The van der Waals surface area contributed by atoms with Gasteiger partial charge < -0.3 is 5.11 Å². The Morgan fingerprint density at radius 2 is 1.56 bits per heavy atom.